The van der Waals surface area contributed by atoms with Gasteiger partial charge in [-0.25, -0.2) is 13.2 Å². The van der Waals surface area contributed by atoms with Crippen molar-refractivity contribution >= 4 is 21.7 Å². The summed E-state index contributed by atoms with van der Waals surface area (Å²) in [5.74, 6) is -0.651. The monoisotopic (exact) mass is 355 g/mol. The van der Waals surface area contributed by atoms with E-state index in [-0.39, 0.29) is 18.1 Å². The maximum atomic E-state index is 12.6. The van der Waals surface area contributed by atoms with Crippen molar-refractivity contribution in [2.75, 3.05) is 25.2 Å². The number of sulfone groups is 1. The molecule has 132 valence electrons. The minimum Gasteiger partial charge on any atom is -0.484 e. The molecular weight excluding hydrogens is 334 g/mol. The molecule has 2 atom stereocenters. The Morgan fingerprint density at radius 2 is 1.96 bits per heavy atom. The van der Waals surface area contributed by atoms with Crippen LogP contribution < -0.4 is 4.74 Å². The summed E-state index contributed by atoms with van der Waals surface area (Å²) in [5.41, 5.74) is 0. The van der Waals surface area contributed by atoms with E-state index in [1.54, 1.807) is 24.3 Å². The van der Waals surface area contributed by atoms with Gasteiger partial charge in [-0.05, 0) is 25.5 Å². The molecule has 0 aliphatic carbocycles. The van der Waals surface area contributed by atoms with Gasteiger partial charge >= 0.3 is 5.97 Å². The van der Waals surface area contributed by atoms with Gasteiger partial charge in [0.25, 0.3) is 5.91 Å². The van der Waals surface area contributed by atoms with Crippen LogP contribution in [0, 0.1) is 0 Å². The molecule has 0 radical (unpaired) electrons. The number of hydrogen-bond acceptors (Lipinski definition) is 6. The second kappa shape index (κ2) is 7.65. The Balaban J connectivity index is 2.12. The van der Waals surface area contributed by atoms with Gasteiger partial charge in [0.1, 0.15) is 11.8 Å². The van der Waals surface area contributed by atoms with E-state index in [4.69, 9.17) is 9.47 Å². The number of methoxy groups -OCH3 is 1. The topological polar surface area (TPSA) is 90.0 Å². The number of rotatable bonds is 6. The number of carbonyl (C=O) groups excluding carboxylic acids is 2. The first-order valence-electron chi connectivity index (χ1n) is 7.61. The third-order valence-electron chi connectivity index (χ3n) is 3.95. The summed E-state index contributed by atoms with van der Waals surface area (Å²) in [4.78, 5) is 25.7. The van der Waals surface area contributed by atoms with E-state index in [1.807, 2.05) is 6.07 Å². The number of carbonyl (C=O) groups is 2. The summed E-state index contributed by atoms with van der Waals surface area (Å²) in [6, 6.07) is 7.37. The largest absolute Gasteiger partial charge is 0.484 e. The van der Waals surface area contributed by atoms with Gasteiger partial charge in [0.2, 0.25) is 0 Å². The van der Waals surface area contributed by atoms with Gasteiger partial charge < -0.3 is 14.4 Å². The minimum absolute atomic E-state index is 0.00881. The highest BCUT2D eigenvalue weighted by atomic mass is 32.2. The Labute approximate surface area is 141 Å². The van der Waals surface area contributed by atoms with Crippen molar-refractivity contribution < 1.29 is 27.5 Å². The Morgan fingerprint density at radius 1 is 1.29 bits per heavy atom. The number of nitrogens with zero attached hydrogens (tertiary/aromatic N) is 1. The van der Waals surface area contributed by atoms with Crippen LogP contribution in [-0.2, 0) is 24.2 Å². The molecule has 0 spiro atoms. The van der Waals surface area contributed by atoms with Crippen molar-refractivity contribution in [3.8, 4) is 5.75 Å². The molecule has 1 aliphatic heterocycles. The van der Waals surface area contributed by atoms with Crippen LogP contribution >= 0.6 is 0 Å². The number of hydrogen-bond donors (Lipinski definition) is 0. The lowest BCUT2D eigenvalue weighted by molar-refractivity contribution is -0.154. The van der Waals surface area contributed by atoms with Crippen LogP contribution in [0.25, 0.3) is 0 Å². The van der Waals surface area contributed by atoms with Gasteiger partial charge in [-0.2, -0.15) is 0 Å². The molecule has 7 nitrogen and oxygen atoms in total. The van der Waals surface area contributed by atoms with Crippen LogP contribution in [0.15, 0.2) is 30.3 Å². The van der Waals surface area contributed by atoms with Gasteiger partial charge in [0.15, 0.2) is 16.4 Å². The van der Waals surface area contributed by atoms with Gasteiger partial charge in [-0.1, -0.05) is 18.2 Å². The van der Waals surface area contributed by atoms with Crippen molar-refractivity contribution in [3.63, 3.8) is 0 Å². The maximum absolute atomic E-state index is 12.6. The minimum atomic E-state index is -3.19. The number of ether oxygens (including phenoxy) is 2. The lowest BCUT2D eigenvalue weighted by Crippen LogP contribution is -2.51. The molecule has 0 saturated carbocycles. The Bertz CT molecular complexity index is 688. The average molecular weight is 355 g/mol. The Kier molecular flexibility index (Phi) is 5.82. The summed E-state index contributed by atoms with van der Waals surface area (Å²) < 4.78 is 33.6. The molecule has 1 aliphatic rings. The predicted octanol–water partition coefficient (Wildman–Crippen LogP) is 0.643. The molecule has 0 bridgehead atoms. The second-order valence-electron chi connectivity index (χ2n) is 5.66. The number of para-hydroxylation sites is 1. The molecule has 0 N–H and O–H groups in total. The van der Waals surface area contributed by atoms with Gasteiger partial charge in [0.05, 0.1) is 18.6 Å². The summed E-state index contributed by atoms with van der Waals surface area (Å²) in [7, 11) is -1.96. The van der Waals surface area contributed by atoms with E-state index < -0.39 is 33.8 Å². The van der Waals surface area contributed by atoms with Crippen LogP contribution in [0.4, 0.5) is 0 Å². The van der Waals surface area contributed by atoms with E-state index in [1.165, 1.54) is 18.9 Å². The molecule has 2 rings (SSSR count). The number of amides is 1. The lowest BCUT2D eigenvalue weighted by Gasteiger charge is -2.32. The smallest absolute Gasteiger partial charge is 0.328 e. The molecule has 0 aromatic heterocycles. The fraction of sp³-hybridized carbons (Fsp3) is 0.500. The summed E-state index contributed by atoms with van der Waals surface area (Å²) >= 11 is 0. The molecule has 8 heteroatoms. The summed E-state index contributed by atoms with van der Waals surface area (Å²) in [6.45, 7) is 1.25. The van der Waals surface area contributed by atoms with E-state index >= 15 is 0 Å². The fourth-order valence-corrected chi connectivity index (χ4v) is 4.46. The molecular formula is C16H21NO6S. The third-order valence-corrected chi connectivity index (χ3v) is 5.71. The predicted molar refractivity (Wildman–Crippen MR) is 87.3 cm³/mol. The highest BCUT2D eigenvalue weighted by Crippen LogP contribution is 2.21. The van der Waals surface area contributed by atoms with Gasteiger partial charge in [-0.3, -0.25) is 4.79 Å². The van der Waals surface area contributed by atoms with E-state index in [0.717, 1.165) is 0 Å². The van der Waals surface area contributed by atoms with Crippen LogP contribution in [0.3, 0.4) is 0 Å². The molecule has 1 aromatic carbocycles. The fourth-order valence-electron chi connectivity index (χ4n) is 2.75. The summed E-state index contributed by atoms with van der Waals surface area (Å²) in [6.07, 6.45) is 0.306. The standard InChI is InChI=1S/C16H21NO6S/c1-12(16(19)22-2)17(13-8-9-24(20,21)11-13)15(18)10-23-14-6-4-3-5-7-14/h3-7,12-13H,8-11H2,1-2H3. The quantitative estimate of drug-likeness (QED) is 0.696. The van der Waals surface area contributed by atoms with Gasteiger partial charge in [0, 0.05) is 6.04 Å². The van der Waals surface area contributed by atoms with Crippen LogP contribution in [0.2, 0.25) is 0 Å². The normalized spacial score (nSPS) is 20.2. The Hall–Kier alpha value is -2.09. The van der Waals surface area contributed by atoms with Crippen molar-refractivity contribution in [2.45, 2.75) is 25.4 Å². The highest BCUT2D eigenvalue weighted by molar-refractivity contribution is 7.91. The zero-order valence-corrected chi connectivity index (χ0v) is 14.5. The van der Waals surface area contributed by atoms with E-state index in [9.17, 15) is 18.0 Å². The summed E-state index contributed by atoms with van der Waals surface area (Å²) in [5, 5.41) is 0. The molecule has 2 unspecified atom stereocenters. The zero-order valence-electron chi connectivity index (χ0n) is 13.7. The molecule has 1 aromatic rings. The average Bonchev–Trinajstić information content (AvgIpc) is 2.92. The first-order chi connectivity index (χ1) is 11.3. The highest BCUT2D eigenvalue weighted by Gasteiger charge is 2.39. The van der Waals surface area contributed by atoms with Crippen LogP contribution in [-0.4, -0.2) is 62.5 Å². The number of esters is 1. The molecule has 24 heavy (non-hydrogen) atoms. The van der Waals surface area contributed by atoms with Gasteiger partial charge in [-0.15, -0.1) is 0 Å². The second-order valence-corrected chi connectivity index (χ2v) is 7.89. The van der Waals surface area contributed by atoms with Crippen LogP contribution in [0.1, 0.15) is 13.3 Å². The SMILES string of the molecule is COC(=O)C(C)N(C(=O)COc1ccccc1)C1CCS(=O)(=O)C1. The maximum Gasteiger partial charge on any atom is 0.328 e. The van der Waals surface area contributed by atoms with Crippen LogP contribution in [0.5, 0.6) is 5.75 Å². The Morgan fingerprint density at radius 3 is 2.50 bits per heavy atom. The number of benzene rings is 1. The van der Waals surface area contributed by atoms with E-state index in [2.05, 4.69) is 0 Å². The first kappa shape index (κ1) is 18.3. The molecule has 1 amide bonds. The molecule has 1 heterocycles. The molecule has 1 fully saturated rings. The van der Waals surface area contributed by atoms with E-state index in [0.29, 0.717) is 12.2 Å². The van der Waals surface area contributed by atoms with Crippen molar-refractivity contribution in [1.82, 2.24) is 4.90 Å². The third kappa shape index (κ3) is 4.47. The first-order valence-corrected chi connectivity index (χ1v) is 9.43. The van der Waals surface area contributed by atoms with Crippen molar-refractivity contribution in [1.29, 1.82) is 0 Å². The van der Waals surface area contributed by atoms with Crippen molar-refractivity contribution in [2.24, 2.45) is 0 Å². The molecule has 1 saturated heterocycles. The van der Waals surface area contributed by atoms with Crippen molar-refractivity contribution in [3.05, 3.63) is 30.3 Å². The zero-order chi connectivity index (χ0) is 17.7. The lowest BCUT2D eigenvalue weighted by atomic mass is 10.1.